The van der Waals surface area contributed by atoms with Gasteiger partial charge in [-0.25, -0.2) is 0 Å². The first-order chi connectivity index (χ1) is 9.85. The fourth-order valence-electron chi connectivity index (χ4n) is 3.46. The van der Waals surface area contributed by atoms with Gasteiger partial charge in [0.25, 0.3) is 0 Å². The van der Waals surface area contributed by atoms with E-state index in [4.69, 9.17) is 4.74 Å². The van der Waals surface area contributed by atoms with E-state index in [9.17, 15) is 0 Å². The zero-order valence-corrected chi connectivity index (χ0v) is 12.5. The molecule has 0 amide bonds. The van der Waals surface area contributed by atoms with Crippen LogP contribution in [0.3, 0.4) is 0 Å². The minimum Gasteiger partial charge on any atom is -0.378 e. The summed E-state index contributed by atoms with van der Waals surface area (Å²) in [5.41, 5.74) is 3.00. The number of hydrogen-bond acceptors (Lipinski definition) is 3. The number of fused-ring (bicyclic) bond motifs is 1. The normalized spacial score (nSPS) is 24.6. The fraction of sp³-hybridized carbons (Fsp3) is 0.647. The third-order valence-electron chi connectivity index (χ3n) is 4.58. The molecule has 1 fully saturated rings. The maximum Gasteiger partial charge on any atom is 0.0599 e. The lowest BCUT2D eigenvalue weighted by Crippen LogP contribution is -2.47. The third kappa shape index (κ3) is 3.40. The van der Waals surface area contributed by atoms with E-state index in [1.54, 1.807) is 0 Å². The SMILES string of the molecule is CCOC1CCN(CC2Cc3ccccc3CN2)CC1. The Kier molecular flexibility index (Phi) is 4.71. The fourth-order valence-corrected chi connectivity index (χ4v) is 3.46. The van der Waals surface area contributed by atoms with Gasteiger partial charge in [0.05, 0.1) is 6.10 Å². The lowest BCUT2D eigenvalue weighted by atomic mass is 9.95. The van der Waals surface area contributed by atoms with Crippen molar-refractivity contribution in [2.45, 2.75) is 44.9 Å². The molecule has 2 heterocycles. The zero-order valence-electron chi connectivity index (χ0n) is 12.5. The molecule has 0 spiro atoms. The molecule has 3 rings (SSSR count). The molecular weight excluding hydrogens is 248 g/mol. The maximum atomic E-state index is 5.73. The Balaban J connectivity index is 1.48. The van der Waals surface area contributed by atoms with E-state index in [0.29, 0.717) is 12.1 Å². The predicted octanol–water partition coefficient (Wildman–Crippen LogP) is 2.20. The highest BCUT2D eigenvalue weighted by atomic mass is 16.5. The standard InChI is InChI=1S/C17H26N2O/c1-2-20-17-7-9-19(10-8-17)13-16-11-14-5-3-4-6-15(14)12-18-16/h3-6,16-18H,2,7-13H2,1H3. The summed E-state index contributed by atoms with van der Waals surface area (Å²) in [5.74, 6) is 0. The number of hydrogen-bond donors (Lipinski definition) is 1. The van der Waals surface area contributed by atoms with Gasteiger partial charge in [-0.2, -0.15) is 0 Å². The Morgan fingerprint density at radius 1 is 1.20 bits per heavy atom. The molecule has 1 N–H and O–H groups in total. The molecule has 1 saturated heterocycles. The minimum absolute atomic E-state index is 0.497. The molecule has 1 aromatic rings. The number of nitrogens with zero attached hydrogens (tertiary/aromatic N) is 1. The molecule has 1 atom stereocenters. The van der Waals surface area contributed by atoms with E-state index < -0.39 is 0 Å². The zero-order chi connectivity index (χ0) is 13.8. The monoisotopic (exact) mass is 274 g/mol. The van der Waals surface area contributed by atoms with E-state index in [1.807, 2.05) is 0 Å². The summed E-state index contributed by atoms with van der Waals surface area (Å²) in [6, 6.07) is 9.43. The van der Waals surface area contributed by atoms with Crippen LogP contribution in [0.4, 0.5) is 0 Å². The van der Waals surface area contributed by atoms with Crippen molar-refractivity contribution in [3.63, 3.8) is 0 Å². The van der Waals surface area contributed by atoms with E-state index in [0.717, 1.165) is 13.2 Å². The van der Waals surface area contributed by atoms with Crippen LogP contribution in [0.5, 0.6) is 0 Å². The van der Waals surface area contributed by atoms with Gasteiger partial charge in [-0.15, -0.1) is 0 Å². The molecule has 2 aliphatic rings. The lowest BCUT2D eigenvalue weighted by molar-refractivity contribution is 0.0122. The Morgan fingerprint density at radius 2 is 1.95 bits per heavy atom. The molecule has 0 aromatic heterocycles. The van der Waals surface area contributed by atoms with Gasteiger partial charge in [-0.3, -0.25) is 0 Å². The smallest absolute Gasteiger partial charge is 0.0599 e. The van der Waals surface area contributed by atoms with E-state index in [-0.39, 0.29) is 0 Å². The predicted molar refractivity (Wildman–Crippen MR) is 81.9 cm³/mol. The molecule has 0 radical (unpaired) electrons. The van der Waals surface area contributed by atoms with Crippen molar-refractivity contribution < 1.29 is 4.74 Å². The largest absolute Gasteiger partial charge is 0.378 e. The third-order valence-corrected chi connectivity index (χ3v) is 4.58. The van der Waals surface area contributed by atoms with E-state index in [1.165, 1.54) is 50.0 Å². The Labute approximate surface area is 122 Å². The van der Waals surface area contributed by atoms with Gasteiger partial charge in [0.1, 0.15) is 0 Å². The first-order valence-electron chi connectivity index (χ1n) is 7.99. The van der Waals surface area contributed by atoms with E-state index >= 15 is 0 Å². The Hall–Kier alpha value is -0.900. The van der Waals surface area contributed by atoms with Gasteiger partial charge in [-0.1, -0.05) is 24.3 Å². The van der Waals surface area contributed by atoms with Crippen LogP contribution in [0.1, 0.15) is 30.9 Å². The highest BCUT2D eigenvalue weighted by Crippen LogP contribution is 2.19. The first kappa shape index (κ1) is 14.1. The summed E-state index contributed by atoms with van der Waals surface area (Å²) < 4.78 is 5.73. The number of likely N-dealkylation sites (tertiary alicyclic amines) is 1. The van der Waals surface area contributed by atoms with Crippen LogP contribution in [-0.4, -0.2) is 43.3 Å². The summed E-state index contributed by atoms with van der Waals surface area (Å²) >= 11 is 0. The Bertz CT molecular complexity index is 427. The number of piperidine rings is 1. The highest BCUT2D eigenvalue weighted by Gasteiger charge is 2.24. The second-order valence-electron chi connectivity index (χ2n) is 6.01. The van der Waals surface area contributed by atoms with Crippen LogP contribution in [0.15, 0.2) is 24.3 Å². The molecule has 20 heavy (non-hydrogen) atoms. The van der Waals surface area contributed by atoms with Gasteiger partial charge in [-0.05, 0) is 37.3 Å². The van der Waals surface area contributed by atoms with Gasteiger partial charge in [0.2, 0.25) is 0 Å². The first-order valence-corrected chi connectivity index (χ1v) is 7.99. The second kappa shape index (κ2) is 6.70. The number of benzene rings is 1. The second-order valence-corrected chi connectivity index (χ2v) is 6.01. The van der Waals surface area contributed by atoms with Crippen molar-refractivity contribution in [3.05, 3.63) is 35.4 Å². The molecule has 110 valence electrons. The average Bonchev–Trinajstić information content (AvgIpc) is 2.49. The maximum absolute atomic E-state index is 5.73. The van der Waals surface area contributed by atoms with Gasteiger partial charge < -0.3 is 15.0 Å². The highest BCUT2D eigenvalue weighted by molar-refractivity contribution is 5.29. The minimum atomic E-state index is 0.497. The molecule has 0 saturated carbocycles. The van der Waals surface area contributed by atoms with Crippen molar-refractivity contribution in [3.8, 4) is 0 Å². The van der Waals surface area contributed by atoms with E-state index in [2.05, 4.69) is 41.4 Å². The molecule has 0 aliphatic carbocycles. The summed E-state index contributed by atoms with van der Waals surface area (Å²) in [6.07, 6.45) is 4.05. The van der Waals surface area contributed by atoms with Crippen LogP contribution >= 0.6 is 0 Å². The molecule has 3 heteroatoms. The quantitative estimate of drug-likeness (QED) is 0.911. The average molecular weight is 274 g/mol. The van der Waals surface area contributed by atoms with Crippen molar-refractivity contribution in [2.24, 2.45) is 0 Å². The number of ether oxygens (including phenoxy) is 1. The Morgan fingerprint density at radius 3 is 2.70 bits per heavy atom. The summed E-state index contributed by atoms with van der Waals surface area (Å²) in [4.78, 5) is 2.60. The number of nitrogens with one attached hydrogen (secondary N) is 1. The lowest BCUT2D eigenvalue weighted by Gasteiger charge is -2.36. The van der Waals surface area contributed by atoms with Crippen LogP contribution in [0.2, 0.25) is 0 Å². The molecule has 2 aliphatic heterocycles. The number of rotatable bonds is 4. The van der Waals surface area contributed by atoms with Crippen molar-refractivity contribution in [2.75, 3.05) is 26.2 Å². The summed E-state index contributed by atoms with van der Waals surface area (Å²) in [7, 11) is 0. The van der Waals surface area contributed by atoms with Crippen LogP contribution in [0, 0.1) is 0 Å². The topological polar surface area (TPSA) is 24.5 Å². The molecule has 0 bridgehead atoms. The summed E-state index contributed by atoms with van der Waals surface area (Å²) in [5, 5.41) is 3.69. The van der Waals surface area contributed by atoms with Crippen LogP contribution in [0.25, 0.3) is 0 Å². The molecule has 3 nitrogen and oxygen atoms in total. The van der Waals surface area contributed by atoms with Crippen LogP contribution < -0.4 is 5.32 Å². The summed E-state index contributed by atoms with van der Waals surface area (Å²) in [6.45, 7) is 7.51. The molecular formula is C17H26N2O. The molecule has 1 unspecified atom stereocenters. The van der Waals surface area contributed by atoms with Gasteiger partial charge >= 0.3 is 0 Å². The van der Waals surface area contributed by atoms with Gasteiger partial charge in [0, 0.05) is 38.8 Å². The van der Waals surface area contributed by atoms with Crippen molar-refractivity contribution >= 4 is 0 Å². The van der Waals surface area contributed by atoms with Crippen molar-refractivity contribution in [1.82, 2.24) is 10.2 Å². The van der Waals surface area contributed by atoms with Crippen LogP contribution in [-0.2, 0) is 17.7 Å². The van der Waals surface area contributed by atoms with Gasteiger partial charge in [0.15, 0.2) is 0 Å². The molecule has 1 aromatic carbocycles. The van der Waals surface area contributed by atoms with Crippen molar-refractivity contribution in [1.29, 1.82) is 0 Å².